The van der Waals surface area contributed by atoms with E-state index in [9.17, 15) is 0 Å². The standard InChI is InChI=1S/C9H14N2O2/c1-7(10)8-2-3-9(11-6-8)13-5-4-12/h2-3,6-7,12H,4-5,10H2,1H3/t7-/m0/s1. The molecule has 1 aromatic heterocycles. The molecule has 0 radical (unpaired) electrons. The van der Waals surface area contributed by atoms with Gasteiger partial charge in [0, 0.05) is 18.3 Å². The number of nitrogens with two attached hydrogens (primary N) is 1. The summed E-state index contributed by atoms with van der Waals surface area (Å²) in [5.41, 5.74) is 6.61. The van der Waals surface area contributed by atoms with Gasteiger partial charge in [-0.05, 0) is 12.5 Å². The molecule has 1 rings (SSSR count). The van der Waals surface area contributed by atoms with Crippen molar-refractivity contribution in [2.45, 2.75) is 13.0 Å². The van der Waals surface area contributed by atoms with Crippen molar-refractivity contribution in [2.75, 3.05) is 13.2 Å². The summed E-state index contributed by atoms with van der Waals surface area (Å²) >= 11 is 0. The van der Waals surface area contributed by atoms with Gasteiger partial charge in [0.25, 0.3) is 0 Å². The molecular formula is C9H14N2O2. The molecule has 0 saturated carbocycles. The molecule has 0 aromatic carbocycles. The first kappa shape index (κ1) is 9.95. The summed E-state index contributed by atoms with van der Waals surface area (Å²) in [7, 11) is 0. The van der Waals surface area contributed by atoms with Crippen LogP contribution in [0, 0.1) is 0 Å². The van der Waals surface area contributed by atoms with Crippen molar-refractivity contribution in [3.8, 4) is 5.88 Å². The first-order chi connectivity index (χ1) is 6.24. The first-order valence-electron chi connectivity index (χ1n) is 4.19. The van der Waals surface area contributed by atoms with Crippen LogP contribution in [0.5, 0.6) is 5.88 Å². The summed E-state index contributed by atoms with van der Waals surface area (Å²) in [5, 5.41) is 8.50. The zero-order valence-corrected chi connectivity index (χ0v) is 7.60. The van der Waals surface area contributed by atoms with Crippen LogP contribution in [-0.2, 0) is 0 Å². The van der Waals surface area contributed by atoms with Crippen LogP contribution in [0.15, 0.2) is 18.3 Å². The summed E-state index contributed by atoms with van der Waals surface area (Å²) in [6, 6.07) is 3.60. The minimum Gasteiger partial charge on any atom is -0.475 e. The second-order valence-corrected chi connectivity index (χ2v) is 2.79. The Hall–Kier alpha value is -1.13. The van der Waals surface area contributed by atoms with Gasteiger partial charge in [-0.3, -0.25) is 0 Å². The van der Waals surface area contributed by atoms with Gasteiger partial charge < -0.3 is 15.6 Å². The van der Waals surface area contributed by atoms with E-state index < -0.39 is 0 Å². The maximum absolute atomic E-state index is 8.50. The highest BCUT2D eigenvalue weighted by atomic mass is 16.5. The molecule has 0 bridgehead atoms. The average molecular weight is 182 g/mol. The number of ether oxygens (including phenoxy) is 1. The van der Waals surface area contributed by atoms with Crippen LogP contribution in [0.3, 0.4) is 0 Å². The zero-order valence-electron chi connectivity index (χ0n) is 7.60. The normalized spacial score (nSPS) is 12.5. The summed E-state index contributed by atoms with van der Waals surface area (Å²) < 4.78 is 5.09. The van der Waals surface area contributed by atoms with Crippen molar-refractivity contribution in [3.63, 3.8) is 0 Å². The van der Waals surface area contributed by atoms with Crippen LogP contribution >= 0.6 is 0 Å². The van der Waals surface area contributed by atoms with Crippen molar-refractivity contribution in [2.24, 2.45) is 5.73 Å². The molecule has 0 aliphatic carbocycles. The molecule has 1 aromatic rings. The fourth-order valence-corrected chi connectivity index (χ4v) is 0.897. The van der Waals surface area contributed by atoms with Gasteiger partial charge in [-0.15, -0.1) is 0 Å². The third-order valence-electron chi connectivity index (χ3n) is 1.63. The van der Waals surface area contributed by atoms with E-state index >= 15 is 0 Å². The highest BCUT2D eigenvalue weighted by molar-refractivity contribution is 5.19. The maximum Gasteiger partial charge on any atom is 0.213 e. The number of pyridine rings is 1. The van der Waals surface area contributed by atoms with Crippen LogP contribution in [-0.4, -0.2) is 23.3 Å². The molecule has 0 aliphatic heterocycles. The lowest BCUT2D eigenvalue weighted by molar-refractivity contribution is 0.196. The van der Waals surface area contributed by atoms with E-state index in [0.29, 0.717) is 5.88 Å². The monoisotopic (exact) mass is 182 g/mol. The molecule has 0 aliphatic rings. The number of hydrogen-bond acceptors (Lipinski definition) is 4. The highest BCUT2D eigenvalue weighted by Gasteiger charge is 2.00. The lowest BCUT2D eigenvalue weighted by Gasteiger charge is -2.06. The topological polar surface area (TPSA) is 68.4 Å². The van der Waals surface area contributed by atoms with Crippen LogP contribution < -0.4 is 10.5 Å². The van der Waals surface area contributed by atoms with Crippen molar-refractivity contribution in [1.82, 2.24) is 4.98 Å². The van der Waals surface area contributed by atoms with Gasteiger partial charge in [0.1, 0.15) is 6.61 Å². The number of aliphatic hydroxyl groups excluding tert-OH is 1. The van der Waals surface area contributed by atoms with Crippen LogP contribution in [0.4, 0.5) is 0 Å². The number of aromatic nitrogens is 1. The minimum absolute atomic E-state index is 0.00325. The molecule has 13 heavy (non-hydrogen) atoms. The fourth-order valence-electron chi connectivity index (χ4n) is 0.897. The van der Waals surface area contributed by atoms with E-state index in [-0.39, 0.29) is 19.3 Å². The second-order valence-electron chi connectivity index (χ2n) is 2.79. The smallest absolute Gasteiger partial charge is 0.213 e. The number of rotatable bonds is 4. The Labute approximate surface area is 77.4 Å². The Morgan fingerprint density at radius 3 is 2.85 bits per heavy atom. The van der Waals surface area contributed by atoms with E-state index in [1.165, 1.54) is 0 Å². The van der Waals surface area contributed by atoms with Crippen molar-refractivity contribution in [1.29, 1.82) is 0 Å². The zero-order chi connectivity index (χ0) is 9.68. The SMILES string of the molecule is C[C@H](N)c1ccc(OCCO)nc1. The van der Waals surface area contributed by atoms with E-state index in [4.69, 9.17) is 15.6 Å². The maximum atomic E-state index is 8.50. The third-order valence-corrected chi connectivity index (χ3v) is 1.63. The summed E-state index contributed by atoms with van der Waals surface area (Å²) in [6.07, 6.45) is 1.68. The van der Waals surface area contributed by atoms with Crippen LogP contribution in [0.1, 0.15) is 18.5 Å². The van der Waals surface area contributed by atoms with Gasteiger partial charge in [-0.25, -0.2) is 4.98 Å². The lowest BCUT2D eigenvalue weighted by atomic mass is 10.2. The lowest BCUT2D eigenvalue weighted by Crippen LogP contribution is -2.06. The molecule has 4 nitrogen and oxygen atoms in total. The highest BCUT2D eigenvalue weighted by Crippen LogP contribution is 2.11. The molecule has 4 heteroatoms. The molecule has 0 spiro atoms. The number of nitrogens with zero attached hydrogens (tertiary/aromatic N) is 1. The van der Waals surface area contributed by atoms with Gasteiger partial charge in [0.2, 0.25) is 5.88 Å². The molecule has 1 heterocycles. The summed E-state index contributed by atoms with van der Waals surface area (Å²) in [5.74, 6) is 0.512. The fraction of sp³-hybridized carbons (Fsp3) is 0.444. The molecular weight excluding hydrogens is 168 g/mol. The predicted octanol–water partition coefficient (Wildman–Crippen LogP) is 0.472. The van der Waals surface area contributed by atoms with E-state index in [1.807, 2.05) is 13.0 Å². The molecule has 1 atom stereocenters. The first-order valence-corrected chi connectivity index (χ1v) is 4.19. The minimum atomic E-state index is -0.0145. The molecule has 3 N–H and O–H groups in total. The Kier molecular flexibility index (Phi) is 3.67. The molecule has 72 valence electrons. The van der Waals surface area contributed by atoms with Gasteiger partial charge in [0.05, 0.1) is 6.61 Å². The van der Waals surface area contributed by atoms with Gasteiger partial charge in [-0.2, -0.15) is 0 Å². The Balaban J connectivity index is 2.59. The quantitative estimate of drug-likeness (QED) is 0.710. The van der Waals surface area contributed by atoms with E-state index in [2.05, 4.69) is 4.98 Å². The van der Waals surface area contributed by atoms with E-state index in [1.54, 1.807) is 12.3 Å². The van der Waals surface area contributed by atoms with Crippen LogP contribution in [0.2, 0.25) is 0 Å². The summed E-state index contributed by atoms with van der Waals surface area (Å²) in [6.45, 7) is 2.16. The van der Waals surface area contributed by atoms with E-state index in [0.717, 1.165) is 5.56 Å². The predicted molar refractivity (Wildman–Crippen MR) is 49.4 cm³/mol. The van der Waals surface area contributed by atoms with Gasteiger partial charge >= 0.3 is 0 Å². The van der Waals surface area contributed by atoms with Gasteiger partial charge in [0.15, 0.2) is 0 Å². The number of aliphatic hydroxyl groups is 1. The molecule has 0 amide bonds. The van der Waals surface area contributed by atoms with Gasteiger partial charge in [-0.1, -0.05) is 6.07 Å². The second kappa shape index (κ2) is 4.79. The largest absolute Gasteiger partial charge is 0.475 e. The third kappa shape index (κ3) is 3.01. The Morgan fingerprint density at radius 1 is 1.62 bits per heavy atom. The number of hydrogen-bond donors (Lipinski definition) is 2. The van der Waals surface area contributed by atoms with Crippen LogP contribution in [0.25, 0.3) is 0 Å². The molecule has 0 unspecified atom stereocenters. The molecule has 0 fully saturated rings. The Morgan fingerprint density at radius 2 is 2.38 bits per heavy atom. The van der Waals surface area contributed by atoms with Crippen molar-refractivity contribution in [3.05, 3.63) is 23.9 Å². The average Bonchev–Trinajstić information content (AvgIpc) is 2.15. The van der Waals surface area contributed by atoms with Crippen molar-refractivity contribution < 1.29 is 9.84 Å². The Bertz CT molecular complexity index is 246. The molecule has 0 saturated heterocycles. The van der Waals surface area contributed by atoms with Crippen molar-refractivity contribution >= 4 is 0 Å². The summed E-state index contributed by atoms with van der Waals surface area (Å²) in [4.78, 5) is 4.02.